The van der Waals surface area contributed by atoms with Crippen LogP contribution in [0.2, 0.25) is 0 Å². The van der Waals surface area contributed by atoms with Gasteiger partial charge >= 0.3 is 6.03 Å². The molecule has 0 saturated carbocycles. The van der Waals surface area contributed by atoms with Gasteiger partial charge in [0.25, 0.3) is 5.91 Å². The molecule has 2 aliphatic rings. The number of nitrogens with one attached hydrogen (secondary N) is 1. The van der Waals surface area contributed by atoms with Gasteiger partial charge in [0, 0.05) is 35.5 Å². The van der Waals surface area contributed by atoms with E-state index in [-0.39, 0.29) is 11.9 Å². The fraction of sp³-hybridized carbons (Fsp3) is 0.167. The van der Waals surface area contributed by atoms with Crippen molar-refractivity contribution < 1.29 is 9.59 Å². The summed E-state index contributed by atoms with van der Waals surface area (Å²) in [7, 11) is 0. The van der Waals surface area contributed by atoms with Gasteiger partial charge < -0.3 is 10.2 Å². The second-order valence-corrected chi connectivity index (χ2v) is 7.49. The molecule has 0 bridgehead atoms. The molecule has 3 aromatic carbocycles. The van der Waals surface area contributed by atoms with Gasteiger partial charge in [0.15, 0.2) is 5.66 Å². The first kappa shape index (κ1) is 17.5. The Morgan fingerprint density at radius 3 is 2.34 bits per heavy atom. The van der Waals surface area contributed by atoms with Crippen LogP contribution in [0.5, 0.6) is 0 Å². The molecule has 0 radical (unpaired) electrons. The van der Waals surface area contributed by atoms with Crippen molar-refractivity contribution >= 4 is 17.6 Å². The van der Waals surface area contributed by atoms with Crippen molar-refractivity contribution in [3.63, 3.8) is 0 Å². The summed E-state index contributed by atoms with van der Waals surface area (Å²) in [5.41, 5.74) is 3.36. The third-order valence-electron chi connectivity index (χ3n) is 5.83. The lowest BCUT2D eigenvalue weighted by molar-refractivity contribution is 0.0560. The van der Waals surface area contributed by atoms with Crippen LogP contribution in [0.4, 0.5) is 10.5 Å². The molecule has 29 heavy (non-hydrogen) atoms. The number of aryl methyl sites for hydroxylation is 1. The number of carbonyl (C=O) groups excluding carboxylic acids is 2. The van der Waals surface area contributed by atoms with Crippen LogP contribution in [0, 0.1) is 6.92 Å². The van der Waals surface area contributed by atoms with Gasteiger partial charge in [-0.2, -0.15) is 0 Å². The third-order valence-corrected chi connectivity index (χ3v) is 5.83. The number of nitrogens with zero attached hydrogens (tertiary/aromatic N) is 2. The molecule has 0 aromatic heterocycles. The summed E-state index contributed by atoms with van der Waals surface area (Å²) in [5, 5.41) is 3.00. The molecule has 5 rings (SSSR count). The summed E-state index contributed by atoms with van der Waals surface area (Å²) >= 11 is 0. The zero-order valence-electron chi connectivity index (χ0n) is 16.1. The number of benzene rings is 3. The van der Waals surface area contributed by atoms with Crippen LogP contribution in [0.25, 0.3) is 0 Å². The molecule has 3 amide bonds. The molecule has 0 aliphatic carbocycles. The molecular formula is C24H21N3O2. The van der Waals surface area contributed by atoms with Crippen molar-refractivity contribution in [2.24, 2.45) is 0 Å². The molecule has 1 atom stereocenters. The van der Waals surface area contributed by atoms with E-state index in [0.717, 1.165) is 22.4 Å². The number of rotatable bonds is 2. The van der Waals surface area contributed by atoms with Crippen LogP contribution in [-0.4, -0.2) is 34.8 Å². The largest absolute Gasteiger partial charge is 0.324 e. The number of urea groups is 1. The van der Waals surface area contributed by atoms with Gasteiger partial charge in [-0.05, 0) is 25.1 Å². The summed E-state index contributed by atoms with van der Waals surface area (Å²) in [6.07, 6.45) is 0. The Kier molecular flexibility index (Phi) is 3.91. The van der Waals surface area contributed by atoms with Gasteiger partial charge in [-0.3, -0.25) is 9.69 Å². The van der Waals surface area contributed by atoms with Gasteiger partial charge in [0.1, 0.15) is 0 Å². The van der Waals surface area contributed by atoms with Crippen molar-refractivity contribution in [3.05, 3.63) is 101 Å². The first-order chi connectivity index (χ1) is 14.1. The normalized spacial score (nSPS) is 19.8. The standard InChI is InChI=1S/C24H21N3O2/c1-17-11-13-18(14-12-17)24-21-10-6-5-9-20(21)22(28)26(24)15-16-27(24)23(29)25-19-7-3-2-4-8-19/h2-14H,15-16H2,1H3,(H,25,29). The lowest BCUT2D eigenvalue weighted by atomic mass is 9.89. The summed E-state index contributed by atoms with van der Waals surface area (Å²) in [6.45, 7) is 2.98. The Balaban J connectivity index is 1.67. The van der Waals surface area contributed by atoms with E-state index in [2.05, 4.69) is 5.32 Å². The molecule has 1 fully saturated rings. The summed E-state index contributed by atoms with van der Waals surface area (Å²) < 4.78 is 0. The minimum Gasteiger partial charge on any atom is -0.308 e. The van der Waals surface area contributed by atoms with Crippen LogP contribution in [0.1, 0.15) is 27.0 Å². The predicted octanol–water partition coefficient (Wildman–Crippen LogP) is 4.20. The number of carbonyl (C=O) groups is 2. The van der Waals surface area contributed by atoms with E-state index in [9.17, 15) is 9.59 Å². The Morgan fingerprint density at radius 1 is 0.897 bits per heavy atom. The van der Waals surface area contributed by atoms with Crippen LogP contribution in [-0.2, 0) is 5.66 Å². The van der Waals surface area contributed by atoms with Crippen molar-refractivity contribution in [2.45, 2.75) is 12.6 Å². The van der Waals surface area contributed by atoms with Crippen LogP contribution in [0.15, 0.2) is 78.9 Å². The topological polar surface area (TPSA) is 52.7 Å². The zero-order valence-corrected chi connectivity index (χ0v) is 16.1. The second kappa shape index (κ2) is 6.48. The fourth-order valence-electron chi connectivity index (χ4n) is 4.54. The summed E-state index contributed by atoms with van der Waals surface area (Å²) in [6, 6.07) is 24.9. The Bertz CT molecular complexity index is 1090. The minimum atomic E-state index is -0.930. The SMILES string of the molecule is Cc1ccc(C23c4ccccc4C(=O)N2CCN3C(=O)Nc2ccccc2)cc1. The molecule has 1 saturated heterocycles. The van der Waals surface area contributed by atoms with E-state index in [4.69, 9.17) is 0 Å². The van der Waals surface area contributed by atoms with Gasteiger partial charge in [-0.1, -0.05) is 66.2 Å². The average Bonchev–Trinajstić information content (AvgIpc) is 3.25. The van der Waals surface area contributed by atoms with Gasteiger partial charge in [0.05, 0.1) is 0 Å². The number of anilines is 1. The van der Waals surface area contributed by atoms with Gasteiger partial charge in [0.2, 0.25) is 0 Å². The van der Waals surface area contributed by atoms with E-state index < -0.39 is 5.66 Å². The van der Waals surface area contributed by atoms with Crippen molar-refractivity contribution in [1.82, 2.24) is 9.80 Å². The number of hydrogen-bond donors (Lipinski definition) is 1. The molecule has 0 spiro atoms. The van der Waals surface area contributed by atoms with Crippen molar-refractivity contribution in [2.75, 3.05) is 18.4 Å². The van der Waals surface area contributed by atoms with Crippen LogP contribution < -0.4 is 5.32 Å². The maximum absolute atomic E-state index is 13.4. The lowest BCUT2D eigenvalue weighted by Crippen LogP contribution is -2.52. The molecule has 5 nitrogen and oxygen atoms in total. The maximum Gasteiger partial charge on any atom is 0.324 e. The van der Waals surface area contributed by atoms with E-state index in [1.54, 1.807) is 4.90 Å². The molecule has 144 valence electrons. The molecule has 2 aliphatic heterocycles. The first-order valence-electron chi connectivity index (χ1n) is 9.74. The number of para-hydroxylation sites is 1. The molecule has 5 heteroatoms. The first-order valence-corrected chi connectivity index (χ1v) is 9.74. The quantitative estimate of drug-likeness (QED) is 0.721. The van der Waals surface area contributed by atoms with E-state index in [1.807, 2.05) is 90.7 Å². The van der Waals surface area contributed by atoms with Gasteiger partial charge in [-0.15, -0.1) is 0 Å². The molecular weight excluding hydrogens is 362 g/mol. The Morgan fingerprint density at radius 2 is 1.59 bits per heavy atom. The highest BCUT2D eigenvalue weighted by Crippen LogP contribution is 2.49. The number of amides is 3. The van der Waals surface area contributed by atoms with Crippen LogP contribution in [0.3, 0.4) is 0 Å². The molecule has 3 aromatic rings. The lowest BCUT2D eigenvalue weighted by Gasteiger charge is -2.40. The number of hydrogen-bond acceptors (Lipinski definition) is 2. The smallest absolute Gasteiger partial charge is 0.308 e. The predicted molar refractivity (Wildman–Crippen MR) is 112 cm³/mol. The van der Waals surface area contributed by atoms with E-state index >= 15 is 0 Å². The Labute approximate surface area is 169 Å². The molecule has 1 N–H and O–H groups in total. The third kappa shape index (κ3) is 2.47. The Hall–Kier alpha value is -3.60. The van der Waals surface area contributed by atoms with E-state index in [0.29, 0.717) is 18.7 Å². The van der Waals surface area contributed by atoms with Crippen molar-refractivity contribution in [1.29, 1.82) is 0 Å². The minimum absolute atomic E-state index is 0.0313. The molecule has 2 heterocycles. The average molecular weight is 383 g/mol. The highest BCUT2D eigenvalue weighted by molar-refractivity contribution is 6.03. The highest BCUT2D eigenvalue weighted by Gasteiger charge is 2.59. The number of fused-ring (bicyclic) bond motifs is 3. The summed E-state index contributed by atoms with van der Waals surface area (Å²) in [4.78, 5) is 30.2. The van der Waals surface area contributed by atoms with E-state index in [1.165, 1.54) is 0 Å². The second-order valence-electron chi connectivity index (χ2n) is 7.49. The monoisotopic (exact) mass is 383 g/mol. The van der Waals surface area contributed by atoms with Crippen molar-refractivity contribution in [3.8, 4) is 0 Å². The van der Waals surface area contributed by atoms with Crippen LogP contribution >= 0.6 is 0 Å². The summed E-state index contributed by atoms with van der Waals surface area (Å²) in [5.74, 6) is -0.0313. The molecule has 1 unspecified atom stereocenters. The van der Waals surface area contributed by atoms with Gasteiger partial charge in [-0.25, -0.2) is 4.79 Å². The highest BCUT2D eigenvalue weighted by atomic mass is 16.2. The fourth-order valence-corrected chi connectivity index (χ4v) is 4.54. The zero-order chi connectivity index (χ0) is 20.0. The maximum atomic E-state index is 13.4.